The van der Waals surface area contributed by atoms with Crippen molar-refractivity contribution in [1.82, 2.24) is 9.71 Å². The van der Waals surface area contributed by atoms with E-state index in [1.807, 2.05) is 0 Å². The molecule has 1 aromatic rings. The van der Waals surface area contributed by atoms with Crippen LogP contribution in [0.25, 0.3) is 0 Å². The maximum atomic E-state index is 11.8. The molecule has 1 rings (SSSR count). The minimum absolute atomic E-state index is 0.127. The highest BCUT2D eigenvalue weighted by Gasteiger charge is 2.15. The van der Waals surface area contributed by atoms with Crippen LogP contribution in [0.2, 0.25) is 0 Å². The second-order valence-corrected chi connectivity index (χ2v) is 5.80. The highest BCUT2D eigenvalue weighted by Crippen LogP contribution is 2.10. The lowest BCUT2D eigenvalue weighted by molar-refractivity contribution is 0.569. The van der Waals surface area contributed by atoms with Gasteiger partial charge in [0.25, 0.3) is 0 Å². The zero-order valence-electron chi connectivity index (χ0n) is 10.4. The zero-order valence-corrected chi connectivity index (χ0v) is 11.2. The minimum Gasteiger partial charge on any atom is -0.370 e. The molecule has 1 aromatic heterocycles. The third-order valence-electron chi connectivity index (χ3n) is 1.99. The van der Waals surface area contributed by atoms with Gasteiger partial charge in [-0.05, 0) is 32.4 Å². The van der Waals surface area contributed by atoms with E-state index in [0.717, 1.165) is 13.0 Å². The molecule has 96 valence electrons. The molecular formula is C11H19N3O2S. The fourth-order valence-corrected chi connectivity index (χ4v) is 2.47. The monoisotopic (exact) mass is 257 g/mol. The number of nitrogens with one attached hydrogen (secondary N) is 2. The SMILES string of the molecule is CCCNc1ccc(S(=O)(=O)NC(C)C)cn1. The predicted molar refractivity (Wildman–Crippen MR) is 68.5 cm³/mol. The smallest absolute Gasteiger partial charge is 0.242 e. The Kier molecular flexibility index (Phi) is 4.89. The molecule has 0 spiro atoms. The third kappa shape index (κ3) is 4.32. The molecule has 17 heavy (non-hydrogen) atoms. The molecule has 6 heteroatoms. The molecule has 0 radical (unpaired) electrons. The zero-order chi connectivity index (χ0) is 12.9. The van der Waals surface area contributed by atoms with Gasteiger partial charge in [0.2, 0.25) is 10.0 Å². The lowest BCUT2D eigenvalue weighted by Gasteiger charge is -2.10. The summed E-state index contributed by atoms with van der Waals surface area (Å²) in [5, 5.41) is 3.09. The number of sulfonamides is 1. The molecule has 0 bridgehead atoms. The van der Waals surface area contributed by atoms with Gasteiger partial charge in [0.15, 0.2) is 0 Å². The van der Waals surface area contributed by atoms with Crippen LogP contribution in [0.15, 0.2) is 23.2 Å². The number of anilines is 1. The molecule has 0 saturated heterocycles. The van der Waals surface area contributed by atoms with Crippen LogP contribution in [0.3, 0.4) is 0 Å². The van der Waals surface area contributed by atoms with E-state index in [9.17, 15) is 8.42 Å². The van der Waals surface area contributed by atoms with Crippen LogP contribution in [0.5, 0.6) is 0 Å². The van der Waals surface area contributed by atoms with Crippen LogP contribution in [-0.4, -0.2) is 26.0 Å². The number of rotatable bonds is 6. The molecule has 0 atom stereocenters. The second kappa shape index (κ2) is 5.97. The molecule has 0 saturated carbocycles. The predicted octanol–water partition coefficient (Wildman–Crippen LogP) is 1.59. The average molecular weight is 257 g/mol. The van der Waals surface area contributed by atoms with Gasteiger partial charge in [-0.25, -0.2) is 18.1 Å². The average Bonchev–Trinajstić information content (AvgIpc) is 2.25. The lowest BCUT2D eigenvalue weighted by Crippen LogP contribution is -2.30. The van der Waals surface area contributed by atoms with Crippen molar-refractivity contribution in [3.05, 3.63) is 18.3 Å². The molecule has 0 aliphatic heterocycles. The molecule has 0 fully saturated rings. The Morgan fingerprint density at radius 1 is 1.35 bits per heavy atom. The molecule has 0 amide bonds. The van der Waals surface area contributed by atoms with Crippen molar-refractivity contribution in [2.75, 3.05) is 11.9 Å². The van der Waals surface area contributed by atoms with Gasteiger partial charge in [0, 0.05) is 18.8 Å². The van der Waals surface area contributed by atoms with Gasteiger partial charge < -0.3 is 5.32 Å². The van der Waals surface area contributed by atoms with E-state index < -0.39 is 10.0 Å². The van der Waals surface area contributed by atoms with Crippen LogP contribution < -0.4 is 10.0 Å². The van der Waals surface area contributed by atoms with Gasteiger partial charge in [-0.1, -0.05) is 6.92 Å². The van der Waals surface area contributed by atoms with Gasteiger partial charge in [-0.3, -0.25) is 0 Å². The second-order valence-electron chi connectivity index (χ2n) is 4.08. The van der Waals surface area contributed by atoms with Gasteiger partial charge >= 0.3 is 0 Å². The van der Waals surface area contributed by atoms with E-state index in [0.29, 0.717) is 5.82 Å². The highest BCUT2D eigenvalue weighted by atomic mass is 32.2. The van der Waals surface area contributed by atoms with E-state index >= 15 is 0 Å². The van der Waals surface area contributed by atoms with Crippen molar-refractivity contribution in [3.63, 3.8) is 0 Å². The van der Waals surface area contributed by atoms with E-state index in [1.165, 1.54) is 6.20 Å². The van der Waals surface area contributed by atoms with Gasteiger partial charge in [-0.15, -0.1) is 0 Å². The molecule has 1 heterocycles. The highest BCUT2D eigenvalue weighted by molar-refractivity contribution is 7.89. The molecule has 0 unspecified atom stereocenters. The number of pyridine rings is 1. The molecule has 0 aliphatic carbocycles. The van der Waals surface area contributed by atoms with Crippen molar-refractivity contribution in [3.8, 4) is 0 Å². The van der Waals surface area contributed by atoms with E-state index in [1.54, 1.807) is 26.0 Å². The summed E-state index contributed by atoms with van der Waals surface area (Å²) in [5.74, 6) is 0.690. The molecule has 2 N–H and O–H groups in total. The van der Waals surface area contributed by atoms with Crippen molar-refractivity contribution in [2.45, 2.75) is 38.1 Å². The summed E-state index contributed by atoms with van der Waals surface area (Å²) in [6.07, 6.45) is 2.36. The lowest BCUT2D eigenvalue weighted by atomic mass is 10.4. The first kappa shape index (κ1) is 13.9. The van der Waals surface area contributed by atoms with Crippen LogP contribution in [0, 0.1) is 0 Å². The van der Waals surface area contributed by atoms with Gasteiger partial charge in [-0.2, -0.15) is 0 Å². The first-order valence-electron chi connectivity index (χ1n) is 5.68. The number of nitrogens with zero attached hydrogens (tertiary/aromatic N) is 1. The number of aromatic nitrogens is 1. The molecule has 0 aromatic carbocycles. The Morgan fingerprint density at radius 2 is 2.06 bits per heavy atom. The Morgan fingerprint density at radius 3 is 2.53 bits per heavy atom. The third-order valence-corrected chi connectivity index (χ3v) is 3.64. The molecule has 0 aliphatic rings. The topological polar surface area (TPSA) is 71.1 Å². The Hall–Kier alpha value is -1.14. The van der Waals surface area contributed by atoms with Crippen molar-refractivity contribution >= 4 is 15.8 Å². The van der Waals surface area contributed by atoms with Gasteiger partial charge in [0.1, 0.15) is 10.7 Å². The molecular weight excluding hydrogens is 238 g/mol. The maximum Gasteiger partial charge on any atom is 0.242 e. The summed E-state index contributed by atoms with van der Waals surface area (Å²) in [6.45, 7) is 6.44. The molecule has 5 nitrogen and oxygen atoms in total. The summed E-state index contributed by atoms with van der Waals surface area (Å²) in [6, 6.07) is 3.10. The fraction of sp³-hybridized carbons (Fsp3) is 0.545. The summed E-state index contributed by atoms with van der Waals surface area (Å²) in [4.78, 5) is 4.25. The van der Waals surface area contributed by atoms with Crippen LogP contribution in [0.4, 0.5) is 5.82 Å². The number of hydrogen-bond donors (Lipinski definition) is 2. The Balaban J connectivity index is 2.80. The Bertz CT molecular complexity index is 440. The summed E-state index contributed by atoms with van der Waals surface area (Å²) < 4.78 is 26.1. The maximum absolute atomic E-state index is 11.8. The summed E-state index contributed by atoms with van der Waals surface area (Å²) in [7, 11) is -3.44. The van der Waals surface area contributed by atoms with Crippen LogP contribution >= 0.6 is 0 Å². The quantitative estimate of drug-likeness (QED) is 0.812. The fourth-order valence-electron chi connectivity index (χ4n) is 1.28. The van der Waals surface area contributed by atoms with Crippen molar-refractivity contribution in [1.29, 1.82) is 0 Å². The van der Waals surface area contributed by atoms with Crippen molar-refractivity contribution in [2.24, 2.45) is 0 Å². The summed E-state index contributed by atoms with van der Waals surface area (Å²) in [5.41, 5.74) is 0. The summed E-state index contributed by atoms with van der Waals surface area (Å²) >= 11 is 0. The standard InChI is InChI=1S/C11H19N3O2S/c1-4-7-12-11-6-5-10(8-13-11)17(15,16)14-9(2)3/h5-6,8-9,14H,4,7H2,1-3H3,(H,12,13). The number of hydrogen-bond acceptors (Lipinski definition) is 4. The van der Waals surface area contributed by atoms with E-state index in [4.69, 9.17) is 0 Å². The Labute approximate surface area is 103 Å². The van der Waals surface area contributed by atoms with E-state index in [-0.39, 0.29) is 10.9 Å². The van der Waals surface area contributed by atoms with Crippen LogP contribution in [0.1, 0.15) is 27.2 Å². The van der Waals surface area contributed by atoms with Crippen LogP contribution in [-0.2, 0) is 10.0 Å². The van der Waals surface area contributed by atoms with Gasteiger partial charge in [0.05, 0.1) is 0 Å². The van der Waals surface area contributed by atoms with E-state index in [2.05, 4.69) is 21.9 Å². The normalized spacial score (nSPS) is 11.8. The first-order valence-corrected chi connectivity index (χ1v) is 7.16. The minimum atomic E-state index is -3.44. The first-order chi connectivity index (χ1) is 7.95. The largest absolute Gasteiger partial charge is 0.370 e. The van der Waals surface area contributed by atoms with Crippen molar-refractivity contribution < 1.29 is 8.42 Å².